The number of hydrogen-bond donors (Lipinski definition) is 1. The standard InChI is InChI=1S/C5H10NO2P/c7-4-1-2-6(9)5(8)3-4/h4,7H,1-3,9H2/t4-/m0/s1. The third-order valence-electron chi connectivity index (χ3n) is 1.43. The van der Waals surface area contributed by atoms with Gasteiger partial charge in [0.2, 0.25) is 5.91 Å². The van der Waals surface area contributed by atoms with Gasteiger partial charge in [0.15, 0.2) is 0 Å². The van der Waals surface area contributed by atoms with E-state index in [1.165, 1.54) is 0 Å². The van der Waals surface area contributed by atoms with Crippen LogP contribution in [-0.2, 0) is 4.79 Å². The molecule has 2 atom stereocenters. The second-order valence-corrected chi connectivity index (χ2v) is 2.86. The molecule has 52 valence electrons. The molecule has 1 rings (SSSR count). The lowest BCUT2D eigenvalue weighted by atomic mass is 10.1. The smallest absolute Gasteiger partial charge is 0.227 e. The Kier molecular flexibility index (Phi) is 2.04. The number of aliphatic hydroxyl groups is 1. The molecule has 1 aliphatic heterocycles. The topological polar surface area (TPSA) is 40.5 Å². The van der Waals surface area contributed by atoms with Crippen molar-refractivity contribution in [3.05, 3.63) is 0 Å². The van der Waals surface area contributed by atoms with Crippen molar-refractivity contribution in [1.82, 2.24) is 4.67 Å². The molecule has 1 N–H and O–H groups in total. The van der Waals surface area contributed by atoms with E-state index in [1.54, 1.807) is 4.67 Å². The number of amides is 1. The van der Waals surface area contributed by atoms with E-state index < -0.39 is 6.10 Å². The summed E-state index contributed by atoms with van der Waals surface area (Å²) in [5, 5.41) is 8.94. The molecule has 0 spiro atoms. The molecule has 0 aromatic rings. The van der Waals surface area contributed by atoms with Crippen LogP contribution in [0.15, 0.2) is 0 Å². The molecule has 1 unspecified atom stereocenters. The van der Waals surface area contributed by atoms with Crippen molar-refractivity contribution in [1.29, 1.82) is 0 Å². The molecule has 1 fully saturated rings. The lowest BCUT2D eigenvalue weighted by Crippen LogP contribution is -2.33. The van der Waals surface area contributed by atoms with Gasteiger partial charge >= 0.3 is 0 Å². The Bertz CT molecular complexity index is 128. The molecule has 1 aliphatic rings. The van der Waals surface area contributed by atoms with Crippen molar-refractivity contribution in [3.8, 4) is 0 Å². The van der Waals surface area contributed by atoms with Crippen LogP contribution in [0.1, 0.15) is 12.8 Å². The first-order valence-electron chi connectivity index (χ1n) is 2.93. The van der Waals surface area contributed by atoms with Gasteiger partial charge in [-0.25, -0.2) is 0 Å². The molecule has 0 bridgehead atoms. The normalized spacial score (nSPS) is 28.9. The van der Waals surface area contributed by atoms with Crippen LogP contribution in [0, 0.1) is 0 Å². The Balaban J connectivity index is 2.44. The van der Waals surface area contributed by atoms with Gasteiger partial charge in [-0.15, -0.1) is 0 Å². The minimum absolute atomic E-state index is 0.0127. The van der Waals surface area contributed by atoms with Crippen molar-refractivity contribution in [2.45, 2.75) is 18.9 Å². The van der Waals surface area contributed by atoms with E-state index in [1.807, 2.05) is 0 Å². The Labute approximate surface area is 56.3 Å². The first-order valence-corrected chi connectivity index (χ1v) is 3.45. The van der Waals surface area contributed by atoms with Gasteiger partial charge in [0.1, 0.15) is 0 Å². The summed E-state index contributed by atoms with van der Waals surface area (Å²) < 4.78 is 1.56. The second kappa shape index (κ2) is 2.63. The fourth-order valence-electron chi connectivity index (χ4n) is 0.834. The number of nitrogens with zero attached hydrogens (tertiary/aromatic N) is 1. The molecule has 1 heterocycles. The van der Waals surface area contributed by atoms with Crippen LogP contribution in [0.4, 0.5) is 0 Å². The van der Waals surface area contributed by atoms with E-state index in [2.05, 4.69) is 9.39 Å². The first kappa shape index (κ1) is 6.97. The summed E-state index contributed by atoms with van der Waals surface area (Å²) in [5.74, 6) is 0.0127. The zero-order chi connectivity index (χ0) is 6.85. The summed E-state index contributed by atoms with van der Waals surface area (Å²) in [6.07, 6.45) is 0.577. The molecule has 4 heteroatoms. The fraction of sp³-hybridized carbons (Fsp3) is 0.800. The molecule has 0 radical (unpaired) electrons. The summed E-state index contributed by atoms with van der Waals surface area (Å²) >= 11 is 0. The summed E-state index contributed by atoms with van der Waals surface area (Å²) in [5.41, 5.74) is 0. The highest BCUT2D eigenvalue weighted by molar-refractivity contribution is 7.14. The highest BCUT2D eigenvalue weighted by Gasteiger charge is 2.20. The van der Waals surface area contributed by atoms with Gasteiger partial charge in [0, 0.05) is 6.54 Å². The molecular weight excluding hydrogens is 137 g/mol. The van der Waals surface area contributed by atoms with E-state index in [0.717, 1.165) is 0 Å². The first-order chi connectivity index (χ1) is 4.20. The maximum absolute atomic E-state index is 10.7. The van der Waals surface area contributed by atoms with E-state index in [-0.39, 0.29) is 12.3 Å². The largest absolute Gasteiger partial charge is 0.393 e. The third kappa shape index (κ3) is 1.63. The van der Waals surface area contributed by atoms with Gasteiger partial charge in [-0.1, -0.05) is 0 Å². The molecule has 0 aliphatic carbocycles. The van der Waals surface area contributed by atoms with Crippen molar-refractivity contribution < 1.29 is 9.90 Å². The average Bonchev–Trinajstić information content (AvgIpc) is 1.80. The average molecular weight is 147 g/mol. The summed E-state index contributed by atoms with van der Waals surface area (Å²) in [7, 11) is 2.33. The zero-order valence-corrected chi connectivity index (χ0v) is 6.23. The van der Waals surface area contributed by atoms with Gasteiger partial charge in [-0.2, -0.15) is 0 Å². The quantitative estimate of drug-likeness (QED) is 0.480. The SMILES string of the molecule is O=C1C[C@@H](O)CCN1P. The van der Waals surface area contributed by atoms with E-state index in [4.69, 9.17) is 5.11 Å². The highest BCUT2D eigenvalue weighted by atomic mass is 31.0. The fourth-order valence-corrected chi connectivity index (χ4v) is 1.09. The van der Waals surface area contributed by atoms with E-state index in [0.29, 0.717) is 13.0 Å². The molecule has 1 amide bonds. The number of carbonyl (C=O) groups excluding carboxylic acids is 1. The number of piperidine rings is 1. The minimum atomic E-state index is -0.408. The summed E-state index contributed by atoms with van der Waals surface area (Å²) in [6, 6.07) is 0. The minimum Gasteiger partial charge on any atom is -0.393 e. The number of aliphatic hydroxyl groups excluding tert-OH is 1. The Morgan fingerprint density at radius 3 is 2.89 bits per heavy atom. The van der Waals surface area contributed by atoms with Crippen LogP contribution in [0.2, 0.25) is 0 Å². The molecule has 9 heavy (non-hydrogen) atoms. The zero-order valence-electron chi connectivity index (χ0n) is 5.08. The molecular formula is C5H10NO2P. The Morgan fingerprint density at radius 2 is 2.44 bits per heavy atom. The van der Waals surface area contributed by atoms with Gasteiger partial charge < -0.3 is 9.78 Å². The van der Waals surface area contributed by atoms with Crippen molar-refractivity contribution in [2.24, 2.45) is 0 Å². The lowest BCUT2D eigenvalue weighted by molar-refractivity contribution is -0.130. The number of carbonyl (C=O) groups is 1. The Hall–Kier alpha value is -0.140. The number of hydrogen-bond acceptors (Lipinski definition) is 2. The van der Waals surface area contributed by atoms with Crippen LogP contribution in [0.25, 0.3) is 0 Å². The van der Waals surface area contributed by atoms with Crippen LogP contribution in [0.5, 0.6) is 0 Å². The maximum Gasteiger partial charge on any atom is 0.227 e. The van der Waals surface area contributed by atoms with Gasteiger partial charge in [0.05, 0.1) is 12.5 Å². The lowest BCUT2D eigenvalue weighted by Gasteiger charge is -2.24. The number of rotatable bonds is 0. The van der Waals surface area contributed by atoms with Gasteiger partial charge in [0.25, 0.3) is 0 Å². The van der Waals surface area contributed by atoms with Crippen LogP contribution in [0.3, 0.4) is 0 Å². The third-order valence-corrected chi connectivity index (χ3v) is 1.98. The molecule has 3 nitrogen and oxygen atoms in total. The van der Waals surface area contributed by atoms with Crippen LogP contribution in [-0.4, -0.2) is 28.3 Å². The van der Waals surface area contributed by atoms with Crippen LogP contribution < -0.4 is 0 Å². The van der Waals surface area contributed by atoms with E-state index >= 15 is 0 Å². The van der Waals surface area contributed by atoms with Gasteiger partial charge in [-0.05, 0) is 15.8 Å². The Morgan fingerprint density at radius 1 is 1.78 bits per heavy atom. The van der Waals surface area contributed by atoms with E-state index in [9.17, 15) is 4.79 Å². The predicted molar refractivity (Wildman–Crippen MR) is 36.7 cm³/mol. The monoisotopic (exact) mass is 147 g/mol. The molecule has 0 aromatic heterocycles. The van der Waals surface area contributed by atoms with Crippen molar-refractivity contribution in [3.63, 3.8) is 0 Å². The molecule has 0 aromatic carbocycles. The van der Waals surface area contributed by atoms with Crippen molar-refractivity contribution >= 4 is 15.3 Å². The maximum atomic E-state index is 10.7. The van der Waals surface area contributed by atoms with Crippen LogP contribution >= 0.6 is 9.39 Å². The van der Waals surface area contributed by atoms with Gasteiger partial charge in [-0.3, -0.25) is 4.79 Å². The second-order valence-electron chi connectivity index (χ2n) is 2.23. The molecule has 0 saturated carbocycles. The molecule has 1 saturated heterocycles. The summed E-state index contributed by atoms with van der Waals surface area (Å²) in [4.78, 5) is 10.7. The highest BCUT2D eigenvalue weighted by Crippen LogP contribution is 2.14. The van der Waals surface area contributed by atoms with Crippen molar-refractivity contribution in [2.75, 3.05) is 6.54 Å². The predicted octanol–water partition coefficient (Wildman–Crippen LogP) is -0.240. The summed E-state index contributed by atoms with van der Waals surface area (Å²) in [6.45, 7) is 0.657.